The standard InChI is InChI=1S/C27H26N2O2/c1-3-4-5-8-13-22-18-20-25(21-19-22)29(27(31)24-16-11-7-12-17-24)28(2)26(30)23-14-9-6-10-15-23/h6-7,9-12,14-21H,3-5H2,1-2H3. The van der Waals surface area contributed by atoms with Gasteiger partial charge in [0.1, 0.15) is 0 Å². The third kappa shape index (κ3) is 5.61. The molecule has 3 aromatic carbocycles. The van der Waals surface area contributed by atoms with E-state index in [0.717, 1.165) is 24.8 Å². The minimum Gasteiger partial charge on any atom is -0.267 e. The number of nitrogens with zero attached hydrogens (tertiary/aromatic N) is 2. The molecule has 0 bridgehead atoms. The van der Waals surface area contributed by atoms with Gasteiger partial charge in [-0.15, -0.1) is 0 Å². The van der Waals surface area contributed by atoms with Gasteiger partial charge in [0, 0.05) is 30.2 Å². The maximum absolute atomic E-state index is 13.4. The summed E-state index contributed by atoms with van der Waals surface area (Å²) >= 11 is 0. The van der Waals surface area contributed by atoms with E-state index in [1.807, 2.05) is 36.4 Å². The molecule has 4 heteroatoms. The summed E-state index contributed by atoms with van der Waals surface area (Å²) in [5.74, 6) is 5.76. The van der Waals surface area contributed by atoms with E-state index in [1.54, 1.807) is 55.6 Å². The van der Waals surface area contributed by atoms with Crippen molar-refractivity contribution in [2.45, 2.75) is 26.2 Å². The predicted octanol–water partition coefficient (Wildman–Crippen LogP) is 5.56. The summed E-state index contributed by atoms with van der Waals surface area (Å²) in [7, 11) is 1.61. The fourth-order valence-corrected chi connectivity index (χ4v) is 3.10. The second-order valence-electron chi connectivity index (χ2n) is 7.13. The zero-order valence-electron chi connectivity index (χ0n) is 17.9. The van der Waals surface area contributed by atoms with Crippen LogP contribution in [-0.2, 0) is 0 Å². The van der Waals surface area contributed by atoms with Gasteiger partial charge < -0.3 is 0 Å². The Hall–Kier alpha value is -3.84. The lowest BCUT2D eigenvalue weighted by atomic mass is 10.1. The van der Waals surface area contributed by atoms with Crippen LogP contribution in [0, 0.1) is 11.8 Å². The first kappa shape index (κ1) is 21.9. The number of hydrogen-bond acceptors (Lipinski definition) is 2. The second-order valence-corrected chi connectivity index (χ2v) is 7.13. The molecular formula is C27H26N2O2. The predicted molar refractivity (Wildman–Crippen MR) is 125 cm³/mol. The van der Waals surface area contributed by atoms with Crippen molar-refractivity contribution in [3.63, 3.8) is 0 Å². The van der Waals surface area contributed by atoms with Crippen LogP contribution in [0.25, 0.3) is 0 Å². The van der Waals surface area contributed by atoms with Crippen molar-refractivity contribution in [1.29, 1.82) is 0 Å². The highest BCUT2D eigenvalue weighted by Crippen LogP contribution is 2.21. The highest BCUT2D eigenvalue weighted by Gasteiger charge is 2.26. The van der Waals surface area contributed by atoms with E-state index in [1.165, 1.54) is 10.0 Å². The average Bonchev–Trinajstić information content (AvgIpc) is 2.83. The lowest BCUT2D eigenvalue weighted by Crippen LogP contribution is -2.47. The van der Waals surface area contributed by atoms with Gasteiger partial charge in [0.25, 0.3) is 11.8 Å². The van der Waals surface area contributed by atoms with Crippen LogP contribution in [0.4, 0.5) is 5.69 Å². The van der Waals surface area contributed by atoms with E-state index < -0.39 is 0 Å². The molecule has 0 N–H and O–H groups in total. The molecule has 0 unspecified atom stereocenters. The Morgan fingerprint density at radius 1 is 0.774 bits per heavy atom. The normalized spacial score (nSPS) is 10.0. The molecule has 31 heavy (non-hydrogen) atoms. The van der Waals surface area contributed by atoms with Gasteiger partial charge in [0.05, 0.1) is 5.69 Å². The zero-order chi connectivity index (χ0) is 22.1. The third-order valence-electron chi connectivity index (χ3n) is 4.83. The van der Waals surface area contributed by atoms with Crippen molar-refractivity contribution >= 4 is 17.5 Å². The van der Waals surface area contributed by atoms with Crippen LogP contribution in [-0.4, -0.2) is 23.9 Å². The van der Waals surface area contributed by atoms with Crippen LogP contribution < -0.4 is 5.01 Å². The molecule has 0 radical (unpaired) electrons. The van der Waals surface area contributed by atoms with Gasteiger partial charge in [-0.1, -0.05) is 61.6 Å². The van der Waals surface area contributed by atoms with Crippen molar-refractivity contribution in [3.05, 3.63) is 102 Å². The van der Waals surface area contributed by atoms with Gasteiger partial charge in [-0.05, 0) is 55.0 Å². The number of unbranched alkanes of at least 4 members (excludes halogenated alkanes) is 2. The van der Waals surface area contributed by atoms with Crippen molar-refractivity contribution in [2.24, 2.45) is 0 Å². The Bertz CT molecular complexity index is 1060. The lowest BCUT2D eigenvalue weighted by molar-refractivity contribution is 0.0717. The van der Waals surface area contributed by atoms with Gasteiger partial charge in [0.15, 0.2) is 0 Å². The Balaban J connectivity index is 1.93. The van der Waals surface area contributed by atoms with Gasteiger partial charge >= 0.3 is 0 Å². The summed E-state index contributed by atoms with van der Waals surface area (Å²) in [6.07, 6.45) is 3.06. The molecule has 0 aromatic heterocycles. The Labute approximate surface area is 184 Å². The van der Waals surface area contributed by atoms with Crippen LogP contribution in [0.3, 0.4) is 0 Å². The van der Waals surface area contributed by atoms with Gasteiger partial charge in [-0.2, -0.15) is 0 Å². The summed E-state index contributed by atoms with van der Waals surface area (Å²) in [5, 5.41) is 2.76. The Morgan fingerprint density at radius 2 is 1.32 bits per heavy atom. The largest absolute Gasteiger partial charge is 0.277 e. The number of anilines is 1. The molecule has 0 saturated heterocycles. The molecule has 0 heterocycles. The van der Waals surface area contributed by atoms with Gasteiger partial charge in [-0.25, -0.2) is 10.0 Å². The minimum absolute atomic E-state index is 0.270. The summed E-state index contributed by atoms with van der Waals surface area (Å²) in [4.78, 5) is 26.4. The number of amides is 2. The smallest absolute Gasteiger partial charge is 0.267 e. The lowest BCUT2D eigenvalue weighted by Gasteiger charge is -2.32. The van der Waals surface area contributed by atoms with E-state index in [2.05, 4.69) is 18.8 Å². The molecule has 0 saturated carbocycles. The molecule has 0 aliphatic heterocycles. The summed E-state index contributed by atoms with van der Waals surface area (Å²) < 4.78 is 0. The van der Waals surface area contributed by atoms with Crippen molar-refractivity contribution < 1.29 is 9.59 Å². The van der Waals surface area contributed by atoms with Gasteiger partial charge in [0.2, 0.25) is 0 Å². The van der Waals surface area contributed by atoms with Crippen molar-refractivity contribution in [1.82, 2.24) is 5.01 Å². The van der Waals surface area contributed by atoms with E-state index in [-0.39, 0.29) is 11.8 Å². The Kier molecular flexibility index (Phi) is 7.61. The fourth-order valence-electron chi connectivity index (χ4n) is 3.10. The Morgan fingerprint density at radius 3 is 1.87 bits per heavy atom. The first-order chi connectivity index (χ1) is 15.1. The number of hydrazine groups is 1. The molecule has 156 valence electrons. The number of benzene rings is 3. The van der Waals surface area contributed by atoms with E-state index in [9.17, 15) is 9.59 Å². The molecule has 0 fully saturated rings. The summed E-state index contributed by atoms with van der Waals surface area (Å²) in [6, 6.07) is 25.3. The minimum atomic E-state index is -0.283. The SMILES string of the molecule is CCCCC#Cc1ccc(N(C(=O)c2ccccc2)N(C)C(=O)c2ccccc2)cc1. The van der Waals surface area contributed by atoms with Crippen LogP contribution in [0.2, 0.25) is 0 Å². The maximum Gasteiger partial charge on any atom is 0.277 e. The molecule has 3 rings (SSSR count). The molecule has 4 nitrogen and oxygen atoms in total. The number of carbonyl (C=O) groups excluding carboxylic acids is 2. The maximum atomic E-state index is 13.4. The van der Waals surface area contributed by atoms with Crippen molar-refractivity contribution in [2.75, 3.05) is 12.1 Å². The van der Waals surface area contributed by atoms with Crippen LogP contribution >= 0.6 is 0 Å². The van der Waals surface area contributed by atoms with Crippen LogP contribution in [0.5, 0.6) is 0 Å². The molecule has 0 atom stereocenters. The summed E-state index contributed by atoms with van der Waals surface area (Å²) in [5.41, 5.74) is 2.48. The third-order valence-corrected chi connectivity index (χ3v) is 4.83. The van der Waals surface area contributed by atoms with Gasteiger partial charge in [-0.3, -0.25) is 9.59 Å². The molecule has 0 aliphatic carbocycles. The fraction of sp³-hybridized carbons (Fsp3) is 0.185. The number of rotatable bonds is 5. The molecule has 3 aromatic rings. The first-order valence-electron chi connectivity index (χ1n) is 10.4. The second kappa shape index (κ2) is 10.8. The van der Waals surface area contributed by atoms with Crippen LogP contribution in [0.15, 0.2) is 84.9 Å². The zero-order valence-corrected chi connectivity index (χ0v) is 17.9. The van der Waals surface area contributed by atoms with Crippen molar-refractivity contribution in [3.8, 4) is 11.8 Å². The van der Waals surface area contributed by atoms with Crippen LogP contribution in [0.1, 0.15) is 52.5 Å². The molecule has 0 aliphatic rings. The highest BCUT2D eigenvalue weighted by molar-refractivity contribution is 6.08. The van der Waals surface area contributed by atoms with E-state index in [4.69, 9.17) is 0 Å². The average molecular weight is 411 g/mol. The quantitative estimate of drug-likeness (QED) is 0.314. The monoisotopic (exact) mass is 410 g/mol. The number of carbonyl (C=O) groups is 2. The molecule has 2 amide bonds. The molecular weight excluding hydrogens is 384 g/mol. The first-order valence-corrected chi connectivity index (χ1v) is 10.4. The van der Waals surface area contributed by atoms with E-state index in [0.29, 0.717) is 16.8 Å². The summed E-state index contributed by atoms with van der Waals surface area (Å²) in [6.45, 7) is 2.14. The topological polar surface area (TPSA) is 40.6 Å². The number of hydrogen-bond donors (Lipinski definition) is 0. The van der Waals surface area contributed by atoms with E-state index >= 15 is 0 Å². The molecule has 0 spiro atoms. The highest BCUT2D eigenvalue weighted by atomic mass is 16.2.